The van der Waals surface area contributed by atoms with Crippen molar-refractivity contribution in [1.82, 2.24) is 4.90 Å². The Balaban J connectivity index is 2.24. The average molecular weight is 202 g/mol. The maximum absolute atomic E-state index is 5.83. The molecule has 0 bridgehead atoms. The van der Waals surface area contributed by atoms with Gasteiger partial charge in [0.05, 0.1) is 0 Å². The summed E-state index contributed by atoms with van der Waals surface area (Å²) in [6, 6.07) is 0.332. The van der Waals surface area contributed by atoms with E-state index in [1.807, 2.05) is 13.8 Å². The van der Waals surface area contributed by atoms with Gasteiger partial charge in [-0.05, 0) is 26.8 Å². The van der Waals surface area contributed by atoms with Gasteiger partial charge in [-0.3, -0.25) is 4.90 Å². The minimum atomic E-state index is -0.0877. The lowest BCUT2D eigenvalue weighted by Gasteiger charge is -2.23. The number of hydrogen-bond acceptors (Lipinski definition) is 4. The molecule has 0 aliphatic carbocycles. The van der Waals surface area contributed by atoms with Gasteiger partial charge in [-0.25, -0.2) is 0 Å². The highest BCUT2D eigenvalue weighted by molar-refractivity contribution is 4.78. The van der Waals surface area contributed by atoms with Gasteiger partial charge in [0.2, 0.25) is 0 Å². The van der Waals surface area contributed by atoms with Crippen molar-refractivity contribution < 1.29 is 9.47 Å². The van der Waals surface area contributed by atoms with Gasteiger partial charge in [0.15, 0.2) is 6.29 Å². The molecule has 0 aromatic carbocycles. The first-order valence-corrected chi connectivity index (χ1v) is 5.47. The number of nitrogens with two attached hydrogens (primary N) is 1. The van der Waals surface area contributed by atoms with Crippen LogP contribution in [0.15, 0.2) is 0 Å². The first-order chi connectivity index (χ1) is 6.76. The number of likely N-dealkylation sites (tertiary alicyclic amines) is 1. The summed E-state index contributed by atoms with van der Waals surface area (Å²) in [6.45, 7) is 8.25. The molecule has 0 radical (unpaired) electrons. The zero-order valence-corrected chi connectivity index (χ0v) is 9.24. The molecule has 1 heterocycles. The number of hydrogen-bond donors (Lipinski definition) is 1. The lowest BCUT2D eigenvalue weighted by atomic mass is 10.3. The molecule has 0 aromatic rings. The first kappa shape index (κ1) is 11.9. The van der Waals surface area contributed by atoms with Gasteiger partial charge in [-0.15, -0.1) is 0 Å². The first-order valence-electron chi connectivity index (χ1n) is 5.47. The van der Waals surface area contributed by atoms with Crippen LogP contribution in [-0.2, 0) is 9.47 Å². The zero-order valence-electron chi connectivity index (χ0n) is 9.24. The second-order valence-corrected chi connectivity index (χ2v) is 3.65. The smallest absolute Gasteiger partial charge is 0.170 e. The van der Waals surface area contributed by atoms with Gasteiger partial charge >= 0.3 is 0 Å². The van der Waals surface area contributed by atoms with Crippen LogP contribution in [0.25, 0.3) is 0 Å². The van der Waals surface area contributed by atoms with Crippen molar-refractivity contribution in [3.05, 3.63) is 0 Å². The summed E-state index contributed by atoms with van der Waals surface area (Å²) in [5, 5.41) is 0. The lowest BCUT2D eigenvalue weighted by Crippen LogP contribution is -2.36. The Morgan fingerprint density at radius 2 is 2.00 bits per heavy atom. The molecule has 1 rings (SSSR count). The number of nitrogens with zero attached hydrogens (tertiary/aromatic N) is 1. The zero-order chi connectivity index (χ0) is 10.4. The summed E-state index contributed by atoms with van der Waals surface area (Å²) in [7, 11) is 0. The molecule has 1 atom stereocenters. The molecule has 1 fully saturated rings. The van der Waals surface area contributed by atoms with Crippen molar-refractivity contribution in [3.63, 3.8) is 0 Å². The molecule has 0 amide bonds. The van der Waals surface area contributed by atoms with Crippen LogP contribution < -0.4 is 5.73 Å². The van der Waals surface area contributed by atoms with Crippen LogP contribution in [0.4, 0.5) is 0 Å². The molecule has 14 heavy (non-hydrogen) atoms. The molecule has 1 saturated heterocycles. The number of rotatable bonds is 6. The standard InChI is InChI=1S/C10H22N2O2/c1-3-13-10(14-4-2)8-12-6-5-9(11)7-12/h9-10H,3-8,11H2,1-2H3/t9-/m0/s1. The summed E-state index contributed by atoms with van der Waals surface area (Å²) in [5.41, 5.74) is 5.83. The van der Waals surface area contributed by atoms with Gasteiger partial charge in [-0.2, -0.15) is 0 Å². The van der Waals surface area contributed by atoms with Crippen molar-refractivity contribution in [2.24, 2.45) is 5.73 Å². The minimum absolute atomic E-state index is 0.0877. The summed E-state index contributed by atoms with van der Waals surface area (Å²) in [6.07, 6.45) is 1.00. The average Bonchev–Trinajstić information content (AvgIpc) is 2.52. The summed E-state index contributed by atoms with van der Waals surface area (Å²) >= 11 is 0. The van der Waals surface area contributed by atoms with Crippen molar-refractivity contribution in [2.75, 3.05) is 32.8 Å². The largest absolute Gasteiger partial charge is 0.352 e. The van der Waals surface area contributed by atoms with E-state index in [1.165, 1.54) is 0 Å². The Labute approximate surface area is 86.3 Å². The minimum Gasteiger partial charge on any atom is -0.352 e. The van der Waals surface area contributed by atoms with Crippen LogP contribution in [0, 0.1) is 0 Å². The quantitative estimate of drug-likeness (QED) is 0.634. The van der Waals surface area contributed by atoms with E-state index < -0.39 is 0 Å². The van der Waals surface area contributed by atoms with Gasteiger partial charge in [0.1, 0.15) is 0 Å². The Morgan fingerprint density at radius 3 is 2.43 bits per heavy atom. The normalized spacial score (nSPS) is 23.6. The molecular formula is C10H22N2O2. The molecule has 2 N–H and O–H groups in total. The van der Waals surface area contributed by atoms with Gasteiger partial charge in [0, 0.05) is 32.3 Å². The van der Waals surface area contributed by atoms with E-state index >= 15 is 0 Å². The Hall–Kier alpha value is -0.160. The van der Waals surface area contributed by atoms with E-state index in [4.69, 9.17) is 15.2 Å². The summed E-state index contributed by atoms with van der Waals surface area (Å²) < 4.78 is 10.9. The molecule has 84 valence electrons. The predicted molar refractivity (Wildman–Crippen MR) is 56.1 cm³/mol. The Kier molecular flexibility index (Phi) is 5.40. The third-order valence-corrected chi connectivity index (χ3v) is 2.42. The molecule has 4 nitrogen and oxygen atoms in total. The molecule has 1 aliphatic rings. The molecule has 0 spiro atoms. The van der Waals surface area contributed by atoms with E-state index in [9.17, 15) is 0 Å². The highest BCUT2D eigenvalue weighted by Gasteiger charge is 2.22. The molecule has 0 saturated carbocycles. The van der Waals surface area contributed by atoms with E-state index in [1.54, 1.807) is 0 Å². The van der Waals surface area contributed by atoms with Crippen LogP contribution in [0.1, 0.15) is 20.3 Å². The predicted octanol–water partition coefficient (Wildman–Crippen LogP) is 0.419. The van der Waals surface area contributed by atoms with Crippen molar-refractivity contribution in [3.8, 4) is 0 Å². The fourth-order valence-electron chi connectivity index (χ4n) is 1.76. The molecule has 0 aromatic heterocycles. The van der Waals surface area contributed by atoms with Crippen molar-refractivity contribution in [2.45, 2.75) is 32.6 Å². The van der Waals surface area contributed by atoms with E-state index in [-0.39, 0.29) is 6.29 Å². The second kappa shape index (κ2) is 6.35. The SMILES string of the molecule is CCOC(CN1CC[C@H](N)C1)OCC. The summed E-state index contributed by atoms with van der Waals surface area (Å²) in [5.74, 6) is 0. The van der Waals surface area contributed by atoms with Crippen LogP contribution in [-0.4, -0.2) is 50.1 Å². The monoisotopic (exact) mass is 202 g/mol. The third kappa shape index (κ3) is 3.92. The highest BCUT2D eigenvalue weighted by atomic mass is 16.7. The maximum Gasteiger partial charge on any atom is 0.170 e. The molecule has 4 heteroatoms. The molecule has 1 aliphatic heterocycles. The van der Waals surface area contributed by atoms with Gasteiger partial charge in [0.25, 0.3) is 0 Å². The molecular weight excluding hydrogens is 180 g/mol. The lowest BCUT2D eigenvalue weighted by molar-refractivity contribution is -0.145. The van der Waals surface area contributed by atoms with Gasteiger partial charge < -0.3 is 15.2 Å². The Morgan fingerprint density at radius 1 is 1.36 bits per heavy atom. The Bertz CT molecular complexity index is 149. The van der Waals surface area contributed by atoms with E-state index in [0.29, 0.717) is 19.3 Å². The maximum atomic E-state index is 5.83. The second-order valence-electron chi connectivity index (χ2n) is 3.65. The topological polar surface area (TPSA) is 47.7 Å². The van der Waals surface area contributed by atoms with Crippen molar-refractivity contribution >= 4 is 0 Å². The van der Waals surface area contributed by atoms with Gasteiger partial charge in [-0.1, -0.05) is 0 Å². The molecule has 0 unspecified atom stereocenters. The fourth-order valence-corrected chi connectivity index (χ4v) is 1.76. The van der Waals surface area contributed by atoms with E-state index in [0.717, 1.165) is 26.1 Å². The highest BCUT2D eigenvalue weighted by Crippen LogP contribution is 2.09. The van der Waals surface area contributed by atoms with E-state index in [2.05, 4.69) is 4.90 Å². The van der Waals surface area contributed by atoms with Crippen molar-refractivity contribution in [1.29, 1.82) is 0 Å². The van der Waals surface area contributed by atoms with Crippen LogP contribution in [0.2, 0.25) is 0 Å². The number of ether oxygens (including phenoxy) is 2. The summed E-state index contributed by atoms with van der Waals surface area (Å²) in [4.78, 5) is 2.31. The van der Waals surface area contributed by atoms with Crippen LogP contribution >= 0.6 is 0 Å². The third-order valence-electron chi connectivity index (χ3n) is 2.42. The van der Waals surface area contributed by atoms with Crippen LogP contribution in [0.3, 0.4) is 0 Å². The van der Waals surface area contributed by atoms with Crippen LogP contribution in [0.5, 0.6) is 0 Å². The fraction of sp³-hybridized carbons (Fsp3) is 1.00.